The van der Waals surface area contributed by atoms with Crippen LogP contribution in [0.3, 0.4) is 0 Å². The van der Waals surface area contributed by atoms with Gasteiger partial charge in [-0.05, 0) is 71.4 Å². The standard InChI is InChI=1S/C27H19ClF4N2O5S/c1-38-22-9-5-17(27(30,31)32)12-20(22)33-24(35)13-34-25(36)23(40-26(34)37)11-16-4-8-21(19(28)10-16)39-14-15-2-6-18(29)7-3-15/h2-12H,13-14H2,1H3,(H,33,35)/b23-11-. The van der Waals surface area contributed by atoms with E-state index in [1.54, 1.807) is 24.3 Å². The van der Waals surface area contributed by atoms with E-state index in [0.717, 1.165) is 17.7 Å². The number of carbonyl (C=O) groups excluding carboxylic acids is 3. The molecule has 0 aliphatic carbocycles. The average molecular weight is 595 g/mol. The molecule has 0 spiro atoms. The highest BCUT2D eigenvalue weighted by atomic mass is 35.5. The third kappa shape index (κ3) is 6.93. The predicted molar refractivity (Wildman–Crippen MR) is 141 cm³/mol. The van der Waals surface area contributed by atoms with Gasteiger partial charge in [-0.3, -0.25) is 19.3 Å². The molecule has 0 atom stereocenters. The van der Waals surface area contributed by atoms with Crippen LogP contribution in [-0.2, 0) is 22.4 Å². The Kier molecular flexibility index (Phi) is 8.70. The van der Waals surface area contributed by atoms with Gasteiger partial charge >= 0.3 is 6.18 Å². The van der Waals surface area contributed by atoms with Gasteiger partial charge in [-0.2, -0.15) is 13.2 Å². The largest absolute Gasteiger partial charge is 0.495 e. The average Bonchev–Trinajstić information content (AvgIpc) is 3.15. The van der Waals surface area contributed by atoms with Crippen LogP contribution in [0.15, 0.2) is 65.6 Å². The van der Waals surface area contributed by atoms with E-state index >= 15 is 0 Å². The quantitative estimate of drug-likeness (QED) is 0.229. The molecule has 3 aromatic carbocycles. The highest BCUT2D eigenvalue weighted by Gasteiger charge is 2.37. The molecule has 7 nitrogen and oxygen atoms in total. The van der Waals surface area contributed by atoms with Gasteiger partial charge in [0.25, 0.3) is 11.1 Å². The Morgan fingerprint density at radius 2 is 1.75 bits per heavy atom. The molecule has 1 heterocycles. The minimum absolute atomic E-state index is 0.0190. The van der Waals surface area contributed by atoms with Crippen LogP contribution >= 0.6 is 23.4 Å². The van der Waals surface area contributed by atoms with Crippen molar-refractivity contribution in [2.24, 2.45) is 0 Å². The Bertz CT molecular complexity index is 1500. The van der Waals surface area contributed by atoms with Gasteiger partial charge in [0.2, 0.25) is 5.91 Å². The number of halogens is 5. The Hall–Kier alpha value is -4.03. The van der Waals surface area contributed by atoms with Crippen molar-refractivity contribution in [3.05, 3.63) is 93.1 Å². The third-order valence-corrected chi connectivity index (χ3v) is 6.74. The number of rotatable bonds is 8. The van der Waals surface area contributed by atoms with Crippen LogP contribution in [0.5, 0.6) is 11.5 Å². The molecule has 0 bridgehead atoms. The van der Waals surface area contributed by atoms with Crippen LogP contribution in [0.2, 0.25) is 5.02 Å². The van der Waals surface area contributed by atoms with E-state index in [9.17, 15) is 31.9 Å². The molecule has 0 saturated carbocycles. The summed E-state index contributed by atoms with van der Waals surface area (Å²) in [6.07, 6.45) is -3.24. The van der Waals surface area contributed by atoms with Crippen molar-refractivity contribution in [2.45, 2.75) is 12.8 Å². The molecule has 208 valence electrons. The van der Waals surface area contributed by atoms with E-state index in [-0.39, 0.29) is 33.8 Å². The summed E-state index contributed by atoms with van der Waals surface area (Å²) >= 11 is 6.89. The molecule has 0 radical (unpaired) electrons. The molecular formula is C27H19ClF4N2O5S. The molecule has 0 aromatic heterocycles. The number of anilines is 1. The summed E-state index contributed by atoms with van der Waals surface area (Å²) < 4.78 is 62.9. The number of amides is 3. The number of benzene rings is 3. The molecule has 1 aliphatic rings. The first kappa shape index (κ1) is 29.0. The van der Waals surface area contributed by atoms with Gasteiger partial charge in [-0.25, -0.2) is 4.39 Å². The number of imide groups is 1. The van der Waals surface area contributed by atoms with Crippen molar-refractivity contribution in [3.63, 3.8) is 0 Å². The van der Waals surface area contributed by atoms with E-state index < -0.39 is 35.3 Å². The molecule has 3 aromatic rings. The molecule has 3 amide bonds. The number of hydrogen-bond acceptors (Lipinski definition) is 6. The molecule has 40 heavy (non-hydrogen) atoms. The van der Waals surface area contributed by atoms with Crippen molar-refractivity contribution < 1.29 is 41.4 Å². The van der Waals surface area contributed by atoms with Gasteiger partial charge in [-0.15, -0.1) is 0 Å². The molecule has 1 saturated heterocycles. The number of nitrogens with one attached hydrogen (secondary N) is 1. The number of methoxy groups -OCH3 is 1. The van der Waals surface area contributed by atoms with Gasteiger partial charge in [0.05, 0.1) is 28.3 Å². The highest BCUT2D eigenvalue weighted by Crippen LogP contribution is 2.36. The monoisotopic (exact) mass is 594 g/mol. The predicted octanol–water partition coefficient (Wildman–Crippen LogP) is 6.76. The second kappa shape index (κ2) is 12.0. The van der Waals surface area contributed by atoms with Crippen LogP contribution in [0, 0.1) is 5.82 Å². The molecular weight excluding hydrogens is 576 g/mol. The molecule has 1 fully saturated rings. The maximum absolute atomic E-state index is 13.1. The molecule has 1 aliphatic heterocycles. The number of carbonyl (C=O) groups is 3. The van der Waals surface area contributed by atoms with Gasteiger partial charge in [0.1, 0.15) is 30.5 Å². The molecule has 13 heteroatoms. The Morgan fingerprint density at radius 3 is 2.40 bits per heavy atom. The normalized spacial score (nSPS) is 14.6. The number of nitrogens with zero attached hydrogens (tertiary/aromatic N) is 1. The Balaban J connectivity index is 1.42. The van der Waals surface area contributed by atoms with Crippen LogP contribution in [-0.4, -0.2) is 35.6 Å². The van der Waals surface area contributed by atoms with Gasteiger partial charge in [0, 0.05) is 0 Å². The van der Waals surface area contributed by atoms with Crippen molar-refractivity contribution in [2.75, 3.05) is 19.0 Å². The van der Waals surface area contributed by atoms with Crippen LogP contribution in [0.4, 0.5) is 28.0 Å². The van der Waals surface area contributed by atoms with Gasteiger partial charge in [0.15, 0.2) is 0 Å². The molecule has 4 rings (SSSR count). The summed E-state index contributed by atoms with van der Waals surface area (Å²) in [6.45, 7) is -0.578. The lowest BCUT2D eigenvalue weighted by Crippen LogP contribution is -2.36. The van der Waals surface area contributed by atoms with Gasteiger partial charge < -0.3 is 14.8 Å². The third-order valence-electron chi connectivity index (χ3n) is 5.54. The van der Waals surface area contributed by atoms with E-state index in [1.165, 1.54) is 31.4 Å². The second-order valence-corrected chi connectivity index (χ2v) is 9.73. The van der Waals surface area contributed by atoms with E-state index in [2.05, 4.69) is 5.32 Å². The Labute approximate surface area is 234 Å². The maximum atomic E-state index is 13.1. The van der Waals surface area contributed by atoms with E-state index in [1.807, 2.05) is 0 Å². The number of alkyl halides is 3. The fourth-order valence-corrected chi connectivity index (χ4v) is 4.65. The number of hydrogen-bond donors (Lipinski definition) is 1. The summed E-state index contributed by atoms with van der Waals surface area (Å²) in [5, 5.41) is 1.76. The van der Waals surface area contributed by atoms with Crippen molar-refractivity contribution in [1.82, 2.24) is 4.90 Å². The van der Waals surface area contributed by atoms with Crippen LogP contribution in [0.1, 0.15) is 16.7 Å². The van der Waals surface area contributed by atoms with Crippen LogP contribution < -0.4 is 14.8 Å². The zero-order valence-electron chi connectivity index (χ0n) is 20.6. The zero-order chi connectivity index (χ0) is 29.0. The SMILES string of the molecule is COc1ccc(C(F)(F)F)cc1NC(=O)CN1C(=O)S/C(=C\c2ccc(OCc3ccc(F)cc3)c(Cl)c2)C1=O. The minimum Gasteiger partial charge on any atom is -0.495 e. The Morgan fingerprint density at radius 1 is 1.05 bits per heavy atom. The fourth-order valence-electron chi connectivity index (χ4n) is 3.57. The summed E-state index contributed by atoms with van der Waals surface area (Å²) in [5.74, 6) is -1.71. The fraction of sp³-hybridized carbons (Fsp3) is 0.148. The number of thioether (sulfide) groups is 1. The van der Waals surface area contributed by atoms with Gasteiger partial charge in [-0.1, -0.05) is 29.8 Å². The summed E-state index contributed by atoms with van der Waals surface area (Å²) in [6, 6.07) is 13.0. The lowest BCUT2D eigenvalue weighted by atomic mass is 10.1. The first-order chi connectivity index (χ1) is 18.9. The zero-order valence-corrected chi connectivity index (χ0v) is 22.1. The minimum atomic E-state index is -4.65. The smallest absolute Gasteiger partial charge is 0.416 e. The molecule has 0 unspecified atom stereocenters. The summed E-state index contributed by atoms with van der Waals surface area (Å²) in [7, 11) is 1.22. The molecule has 1 N–H and O–H groups in total. The summed E-state index contributed by atoms with van der Waals surface area (Å²) in [5.41, 5.74) is -0.0713. The van der Waals surface area contributed by atoms with Crippen molar-refractivity contribution in [1.29, 1.82) is 0 Å². The van der Waals surface area contributed by atoms with Crippen molar-refractivity contribution in [3.8, 4) is 11.5 Å². The topological polar surface area (TPSA) is 84.9 Å². The lowest BCUT2D eigenvalue weighted by Gasteiger charge is -2.16. The number of ether oxygens (including phenoxy) is 2. The highest BCUT2D eigenvalue weighted by molar-refractivity contribution is 8.18. The lowest BCUT2D eigenvalue weighted by molar-refractivity contribution is -0.137. The first-order valence-electron chi connectivity index (χ1n) is 11.4. The summed E-state index contributed by atoms with van der Waals surface area (Å²) in [4.78, 5) is 38.5. The second-order valence-electron chi connectivity index (χ2n) is 8.33. The maximum Gasteiger partial charge on any atom is 0.416 e. The van der Waals surface area contributed by atoms with E-state index in [0.29, 0.717) is 34.0 Å². The first-order valence-corrected chi connectivity index (χ1v) is 12.6. The van der Waals surface area contributed by atoms with Crippen LogP contribution in [0.25, 0.3) is 6.08 Å². The van der Waals surface area contributed by atoms with Crippen molar-refractivity contribution >= 4 is 52.2 Å². The van der Waals surface area contributed by atoms with E-state index in [4.69, 9.17) is 21.1 Å².